The largest absolute Gasteiger partial charge is 0.443 e. The van der Waals surface area contributed by atoms with E-state index >= 15 is 0 Å². The molecule has 2 atom stereocenters. The van der Waals surface area contributed by atoms with E-state index in [1.165, 1.54) is 12.0 Å². The molecule has 0 aliphatic heterocycles. The first-order chi connectivity index (χ1) is 11.8. The Hall–Kier alpha value is -1.55. The van der Waals surface area contributed by atoms with E-state index in [1.807, 2.05) is 0 Å². The van der Waals surface area contributed by atoms with Gasteiger partial charge >= 0.3 is 6.09 Å². The molecule has 1 aromatic carbocycles. The first kappa shape index (κ1) is 18.2. The molecule has 25 heavy (non-hydrogen) atoms. The standard InChI is InChI=1S/C21H32N2O2/c1-20(2,3)21(25-19(22)24)11-9-15(10-12-21)14-23-18-13-17(18)16-7-5-4-6-8-16/h4-8,15,17-18,23H,9-14H2,1-3H3,(H2,22,24)/t15-,17-,18+,21-/m0/s1. The van der Waals surface area contributed by atoms with Gasteiger partial charge in [0.15, 0.2) is 0 Å². The van der Waals surface area contributed by atoms with Crippen LogP contribution in [0.3, 0.4) is 0 Å². The minimum Gasteiger partial charge on any atom is -0.443 e. The van der Waals surface area contributed by atoms with Gasteiger partial charge in [0, 0.05) is 17.4 Å². The Morgan fingerprint density at radius 1 is 1.24 bits per heavy atom. The zero-order valence-electron chi connectivity index (χ0n) is 15.8. The van der Waals surface area contributed by atoms with E-state index in [2.05, 4.69) is 56.4 Å². The van der Waals surface area contributed by atoms with Gasteiger partial charge in [0.05, 0.1) is 0 Å². The number of carbonyl (C=O) groups excluding carboxylic acids is 1. The number of nitrogens with one attached hydrogen (secondary N) is 1. The number of hydrogen-bond acceptors (Lipinski definition) is 3. The number of rotatable bonds is 5. The van der Waals surface area contributed by atoms with Gasteiger partial charge in [-0.1, -0.05) is 51.1 Å². The van der Waals surface area contributed by atoms with Crippen molar-refractivity contribution < 1.29 is 9.53 Å². The average Bonchev–Trinajstić information content (AvgIpc) is 3.33. The maximum absolute atomic E-state index is 11.4. The number of benzene rings is 1. The second-order valence-electron chi connectivity index (χ2n) is 8.88. The van der Waals surface area contributed by atoms with Crippen LogP contribution in [0.2, 0.25) is 0 Å². The van der Waals surface area contributed by atoms with Crippen LogP contribution >= 0.6 is 0 Å². The van der Waals surface area contributed by atoms with Crippen molar-refractivity contribution in [3.8, 4) is 0 Å². The summed E-state index contributed by atoms with van der Waals surface area (Å²) in [6.07, 6.45) is 4.57. The predicted molar refractivity (Wildman–Crippen MR) is 100 cm³/mol. The van der Waals surface area contributed by atoms with Crippen molar-refractivity contribution in [1.82, 2.24) is 5.32 Å². The third-order valence-electron chi connectivity index (χ3n) is 6.26. The number of nitrogens with two attached hydrogens (primary N) is 1. The van der Waals surface area contributed by atoms with E-state index in [9.17, 15) is 4.79 Å². The Morgan fingerprint density at radius 2 is 1.88 bits per heavy atom. The SMILES string of the molecule is CC(C)(C)[C@]1(OC(N)=O)CC[C@H](CN[C@@H]2C[C@H]2c2ccccc2)CC1. The second-order valence-corrected chi connectivity index (χ2v) is 8.88. The summed E-state index contributed by atoms with van der Waals surface area (Å²) in [4.78, 5) is 11.4. The summed E-state index contributed by atoms with van der Waals surface area (Å²) >= 11 is 0. The number of primary amides is 1. The quantitative estimate of drug-likeness (QED) is 0.841. The topological polar surface area (TPSA) is 64.3 Å². The molecule has 3 N–H and O–H groups in total. The van der Waals surface area contributed by atoms with Gasteiger partial charge in [-0.2, -0.15) is 0 Å². The predicted octanol–water partition coefficient (Wildman–Crippen LogP) is 4.20. The van der Waals surface area contributed by atoms with Crippen molar-refractivity contribution in [3.05, 3.63) is 35.9 Å². The van der Waals surface area contributed by atoms with Crippen LogP contribution in [0.5, 0.6) is 0 Å². The molecule has 4 nitrogen and oxygen atoms in total. The van der Waals surface area contributed by atoms with Crippen LogP contribution in [-0.2, 0) is 4.74 Å². The molecule has 0 spiro atoms. The molecule has 138 valence electrons. The minimum atomic E-state index is -0.643. The zero-order chi connectivity index (χ0) is 18.1. The van der Waals surface area contributed by atoms with E-state index < -0.39 is 11.7 Å². The lowest BCUT2D eigenvalue weighted by atomic mass is 9.66. The smallest absolute Gasteiger partial charge is 0.405 e. The van der Waals surface area contributed by atoms with Gasteiger partial charge in [-0.25, -0.2) is 4.79 Å². The van der Waals surface area contributed by atoms with Crippen LogP contribution in [0.25, 0.3) is 0 Å². The molecule has 2 saturated carbocycles. The maximum Gasteiger partial charge on any atom is 0.405 e. The fourth-order valence-electron chi connectivity index (χ4n) is 4.35. The van der Waals surface area contributed by atoms with Crippen molar-refractivity contribution in [2.75, 3.05) is 6.54 Å². The molecule has 1 aromatic rings. The first-order valence-corrected chi connectivity index (χ1v) is 9.57. The van der Waals surface area contributed by atoms with E-state index in [-0.39, 0.29) is 5.41 Å². The summed E-state index contributed by atoms with van der Waals surface area (Å²) in [5, 5.41) is 3.75. The highest BCUT2D eigenvalue weighted by Crippen LogP contribution is 2.47. The van der Waals surface area contributed by atoms with Crippen molar-refractivity contribution in [2.24, 2.45) is 17.1 Å². The van der Waals surface area contributed by atoms with Crippen LogP contribution in [0, 0.1) is 11.3 Å². The van der Waals surface area contributed by atoms with Crippen LogP contribution in [-0.4, -0.2) is 24.3 Å². The monoisotopic (exact) mass is 344 g/mol. The van der Waals surface area contributed by atoms with E-state index in [1.54, 1.807) is 0 Å². The fourth-order valence-corrected chi connectivity index (χ4v) is 4.35. The summed E-state index contributed by atoms with van der Waals surface area (Å²) in [5.74, 6) is 1.33. The van der Waals surface area contributed by atoms with Crippen LogP contribution in [0.4, 0.5) is 4.79 Å². The van der Waals surface area contributed by atoms with Gasteiger partial charge in [0.25, 0.3) is 0 Å². The molecular weight excluding hydrogens is 312 g/mol. The Labute approximate surface area is 151 Å². The number of ether oxygens (including phenoxy) is 1. The van der Waals surface area contributed by atoms with Crippen molar-refractivity contribution >= 4 is 6.09 Å². The molecule has 0 bridgehead atoms. The Balaban J connectivity index is 1.47. The molecule has 0 radical (unpaired) electrons. The van der Waals surface area contributed by atoms with Crippen LogP contribution in [0.15, 0.2) is 30.3 Å². The van der Waals surface area contributed by atoms with Gasteiger partial charge in [0.2, 0.25) is 0 Å². The number of amides is 1. The van der Waals surface area contributed by atoms with Gasteiger partial charge in [-0.05, 0) is 50.1 Å². The average molecular weight is 344 g/mol. The lowest BCUT2D eigenvalue weighted by Crippen LogP contribution is -2.51. The first-order valence-electron chi connectivity index (χ1n) is 9.57. The highest BCUT2D eigenvalue weighted by atomic mass is 16.6. The third-order valence-corrected chi connectivity index (χ3v) is 6.26. The summed E-state index contributed by atoms with van der Waals surface area (Å²) in [5.41, 5.74) is 6.29. The van der Waals surface area contributed by atoms with Crippen LogP contribution < -0.4 is 11.1 Å². The molecule has 0 unspecified atom stereocenters. The molecule has 0 aromatic heterocycles. The highest BCUT2D eigenvalue weighted by Gasteiger charge is 2.47. The van der Waals surface area contributed by atoms with Gasteiger partial charge in [-0.3, -0.25) is 0 Å². The molecule has 4 heteroatoms. The Kier molecular flexibility index (Phi) is 5.10. The molecule has 0 heterocycles. The summed E-state index contributed by atoms with van der Waals surface area (Å²) in [6.45, 7) is 7.49. The van der Waals surface area contributed by atoms with Gasteiger partial charge in [0.1, 0.15) is 5.60 Å². The van der Waals surface area contributed by atoms with E-state index in [4.69, 9.17) is 10.5 Å². The second kappa shape index (κ2) is 6.99. The normalized spacial score (nSPS) is 32.2. The third kappa shape index (κ3) is 4.17. The fraction of sp³-hybridized carbons (Fsp3) is 0.667. The van der Waals surface area contributed by atoms with Crippen molar-refractivity contribution in [3.63, 3.8) is 0 Å². The molecule has 2 fully saturated rings. The van der Waals surface area contributed by atoms with Crippen LogP contribution in [0.1, 0.15) is 64.4 Å². The molecule has 3 rings (SSSR count). The summed E-state index contributed by atoms with van der Waals surface area (Å²) in [6, 6.07) is 11.4. The van der Waals surface area contributed by atoms with Crippen molar-refractivity contribution in [1.29, 1.82) is 0 Å². The molecular formula is C21H32N2O2. The van der Waals surface area contributed by atoms with Gasteiger partial charge < -0.3 is 15.8 Å². The van der Waals surface area contributed by atoms with E-state index in [0.717, 1.165) is 32.2 Å². The molecule has 0 saturated heterocycles. The van der Waals surface area contributed by atoms with Crippen molar-refractivity contribution in [2.45, 2.75) is 70.4 Å². The Bertz CT molecular complexity index is 586. The lowest BCUT2D eigenvalue weighted by Gasteiger charge is -2.47. The summed E-state index contributed by atoms with van der Waals surface area (Å²) < 4.78 is 5.62. The maximum atomic E-state index is 11.4. The molecule has 1 amide bonds. The highest BCUT2D eigenvalue weighted by molar-refractivity contribution is 5.65. The summed E-state index contributed by atoms with van der Waals surface area (Å²) in [7, 11) is 0. The zero-order valence-corrected chi connectivity index (χ0v) is 15.8. The molecule has 2 aliphatic rings. The van der Waals surface area contributed by atoms with E-state index in [0.29, 0.717) is 17.9 Å². The Morgan fingerprint density at radius 3 is 2.44 bits per heavy atom. The van der Waals surface area contributed by atoms with Gasteiger partial charge in [-0.15, -0.1) is 0 Å². The minimum absolute atomic E-state index is 0.0880. The number of hydrogen-bond donors (Lipinski definition) is 2. The molecule has 2 aliphatic carbocycles. The lowest BCUT2D eigenvalue weighted by molar-refractivity contribution is -0.0965. The number of carbonyl (C=O) groups is 1.